The number of nitrogens with two attached hydrogens (primary N) is 1. The van der Waals surface area contributed by atoms with Crippen LogP contribution in [0.2, 0.25) is 0 Å². The quantitative estimate of drug-likeness (QED) is 0.891. The normalized spacial score (nSPS) is 9.95. The van der Waals surface area contributed by atoms with Gasteiger partial charge in [-0.25, -0.2) is 4.39 Å². The predicted octanol–water partition coefficient (Wildman–Crippen LogP) is 3.17. The average Bonchev–Trinajstić information content (AvgIpc) is 2.46. The van der Waals surface area contributed by atoms with Crippen molar-refractivity contribution in [2.75, 3.05) is 5.32 Å². The number of anilines is 1. The number of primary amides is 1. The zero-order valence-corrected chi connectivity index (χ0v) is 12.4. The van der Waals surface area contributed by atoms with Gasteiger partial charge in [0, 0.05) is 22.1 Å². The van der Waals surface area contributed by atoms with Gasteiger partial charge in [0.05, 0.1) is 11.3 Å². The van der Waals surface area contributed by atoms with E-state index in [1.165, 1.54) is 12.1 Å². The molecule has 0 saturated heterocycles. The van der Waals surface area contributed by atoms with E-state index in [0.717, 1.165) is 10.5 Å². The number of hydrogen-bond acceptors (Lipinski definition) is 3. The molecule has 0 saturated carbocycles. The first kappa shape index (κ1) is 15.0. The summed E-state index contributed by atoms with van der Waals surface area (Å²) in [5.74, 6) is -1.19. The van der Waals surface area contributed by atoms with E-state index in [1.54, 1.807) is 18.2 Å². The molecule has 21 heavy (non-hydrogen) atoms. The third-order valence-electron chi connectivity index (χ3n) is 2.91. The summed E-state index contributed by atoms with van der Waals surface area (Å²) >= 11 is 3.28. The molecule has 0 fully saturated rings. The Morgan fingerprint density at radius 1 is 1.33 bits per heavy atom. The highest BCUT2D eigenvalue weighted by atomic mass is 79.9. The highest BCUT2D eigenvalue weighted by molar-refractivity contribution is 9.10. The number of amides is 1. The second kappa shape index (κ2) is 6.37. The number of carbonyl (C=O) groups excluding carboxylic acids is 1. The molecule has 0 heterocycles. The maximum atomic E-state index is 13.8. The van der Waals surface area contributed by atoms with Crippen molar-refractivity contribution in [1.29, 1.82) is 5.26 Å². The number of benzene rings is 2. The van der Waals surface area contributed by atoms with Crippen molar-refractivity contribution in [2.45, 2.75) is 6.54 Å². The molecule has 0 atom stereocenters. The molecule has 2 aromatic carbocycles. The first-order valence-electron chi connectivity index (χ1n) is 6.03. The zero-order valence-electron chi connectivity index (χ0n) is 10.9. The number of nitrogens with zero attached hydrogens (tertiary/aromatic N) is 1. The Hall–Kier alpha value is -2.39. The molecule has 0 aromatic heterocycles. The van der Waals surface area contributed by atoms with Crippen LogP contribution >= 0.6 is 15.9 Å². The summed E-state index contributed by atoms with van der Waals surface area (Å²) in [6.07, 6.45) is 0. The molecule has 0 bridgehead atoms. The highest BCUT2D eigenvalue weighted by Gasteiger charge is 2.08. The molecule has 1 amide bonds. The third-order valence-corrected chi connectivity index (χ3v) is 3.40. The lowest BCUT2D eigenvalue weighted by Crippen LogP contribution is -2.12. The maximum Gasteiger partial charge on any atom is 0.248 e. The van der Waals surface area contributed by atoms with Crippen molar-refractivity contribution in [2.24, 2.45) is 5.73 Å². The average molecular weight is 348 g/mol. The molecule has 0 aliphatic rings. The van der Waals surface area contributed by atoms with Crippen molar-refractivity contribution >= 4 is 27.5 Å². The Morgan fingerprint density at radius 3 is 2.71 bits per heavy atom. The standard InChI is InChI=1S/C15H11BrFN3O/c16-12-3-4-14(11(5-12)7-18)20-8-10-2-1-9(15(19)21)6-13(10)17/h1-6,20H,8H2,(H2,19,21). The molecule has 3 N–H and O–H groups in total. The van der Waals surface area contributed by atoms with Crippen molar-refractivity contribution in [3.63, 3.8) is 0 Å². The molecular formula is C15H11BrFN3O. The summed E-state index contributed by atoms with van der Waals surface area (Å²) in [6, 6.07) is 11.3. The van der Waals surface area contributed by atoms with Crippen LogP contribution in [-0.4, -0.2) is 5.91 Å². The molecule has 0 radical (unpaired) electrons. The monoisotopic (exact) mass is 347 g/mol. The van der Waals surface area contributed by atoms with Crippen LogP contribution in [0.15, 0.2) is 40.9 Å². The van der Waals surface area contributed by atoms with Crippen LogP contribution < -0.4 is 11.1 Å². The van der Waals surface area contributed by atoms with E-state index < -0.39 is 11.7 Å². The molecule has 0 spiro atoms. The van der Waals surface area contributed by atoms with E-state index in [4.69, 9.17) is 11.0 Å². The van der Waals surface area contributed by atoms with Gasteiger partial charge >= 0.3 is 0 Å². The molecule has 4 nitrogen and oxygen atoms in total. The first-order chi connectivity index (χ1) is 10.0. The van der Waals surface area contributed by atoms with Crippen LogP contribution in [0.3, 0.4) is 0 Å². The van der Waals surface area contributed by atoms with Gasteiger partial charge in [0.25, 0.3) is 0 Å². The molecule has 2 aromatic rings. The van der Waals surface area contributed by atoms with E-state index in [9.17, 15) is 9.18 Å². The lowest BCUT2D eigenvalue weighted by molar-refractivity contribution is 0.1000. The predicted molar refractivity (Wildman–Crippen MR) is 81.1 cm³/mol. The Balaban J connectivity index is 2.17. The number of nitrogens with one attached hydrogen (secondary N) is 1. The van der Waals surface area contributed by atoms with Gasteiger partial charge in [-0.1, -0.05) is 22.0 Å². The minimum absolute atomic E-state index is 0.123. The van der Waals surface area contributed by atoms with Gasteiger partial charge in [-0.05, 0) is 30.3 Å². The second-order valence-corrected chi connectivity index (χ2v) is 5.24. The number of halogens is 2. The lowest BCUT2D eigenvalue weighted by Gasteiger charge is -2.10. The summed E-state index contributed by atoms with van der Waals surface area (Å²) in [5, 5.41) is 12.1. The molecule has 106 valence electrons. The van der Waals surface area contributed by atoms with Crippen molar-refractivity contribution in [3.8, 4) is 6.07 Å². The number of carbonyl (C=O) groups is 1. The van der Waals surface area contributed by atoms with Gasteiger partial charge in [0.1, 0.15) is 11.9 Å². The summed E-state index contributed by atoms with van der Waals surface area (Å²) in [4.78, 5) is 11.0. The van der Waals surface area contributed by atoms with Crippen molar-refractivity contribution < 1.29 is 9.18 Å². The fourth-order valence-electron chi connectivity index (χ4n) is 1.80. The van der Waals surface area contributed by atoms with Crippen LogP contribution in [0.4, 0.5) is 10.1 Å². The number of rotatable bonds is 4. The molecule has 0 aliphatic carbocycles. The third kappa shape index (κ3) is 3.58. The van der Waals surface area contributed by atoms with Crippen LogP contribution in [0.5, 0.6) is 0 Å². The maximum absolute atomic E-state index is 13.8. The fourth-order valence-corrected chi connectivity index (χ4v) is 2.16. The van der Waals surface area contributed by atoms with Crippen LogP contribution in [-0.2, 0) is 6.54 Å². The van der Waals surface area contributed by atoms with E-state index in [-0.39, 0.29) is 12.1 Å². The summed E-state index contributed by atoms with van der Waals surface area (Å²) < 4.78 is 14.6. The van der Waals surface area contributed by atoms with Crippen LogP contribution in [0.1, 0.15) is 21.5 Å². The highest BCUT2D eigenvalue weighted by Crippen LogP contribution is 2.21. The fraction of sp³-hybridized carbons (Fsp3) is 0.0667. The van der Waals surface area contributed by atoms with E-state index in [0.29, 0.717) is 16.8 Å². The minimum Gasteiger partial charge on any atom is -0.380 e. The molecule has 2 rings (SSSR count). The molecule has 0 unspecified atom stereocenters. The second-order valence-electron chi connectivity index (χ2n) is 4.33. The summed E-state index contributed by atoms with van der Waals surface area (Å²) in [6.45, 7) is 0.196. The minimum atomic E-state index is -0.673. The van der Waals surface area contributed by atoms with E-state index in [2.05, 4.69) is 27.3 Å². The lowest BCUT2D eigenvalue weighted by atomic mass is 10.1. The summed E-state index contributed by atoms with van der Waals surface area (Å²) in [7, 11) is 0. The Bertz CT molecular complexity index is 740. The van der Waals surface area contributed by atoms with Gasteiger partial charge in [-0.3, -0.25) is 4.79 Å². The smallest absolute Gasteiger partial charge is 0.248 e. The van der Waals surface area contributed by atoms with E-state index in [1.807, 2.05) is 0 Å². The van der Waals surface area contributed by atoms with Gasteiger partial charge in [0.2, 0.25) is 5.91 Å². The molecule has 6 heteroatoms. The zero-order chi connectivity index (χ0) is 15.4. The Labute approximate surface area is 129 Å². The molecule has 0 aliphatic heterocycles. The van der Waals surface area contributed by atoms with Crippen LogP contribution in [0, 0.1) is 17.1 Å². The van der Waals surface area contributed by atoms with Crippen LogP contribution in [0.25, 0.3) is 0 Å². The molecular weight excluding hydrogens is 337 g/mol. The SMILES string of the molecule is N#Cc1cc(Br)ccc1NCc1ccc(C(N)=O)cc1F. The summed E-state index contributed by atoms with van der Waals surface area (Å²) in [5.41, 5.74) is 6.66. The van der Waals surface area contributed by atoms with Crippen molar-refractivity contribution in [3.05, 3.63) is 63.4 Å². The van der Waals surface area contributed by atoms with Gasteiger partial charge in [-0.2, -0.15) is 5.26 Å². The van der Waals surface area contributed by atoms with Gasteiger partial charge in [-0.15, -0.1) is 0 Å². The van der Waals surface area contributed by atoms with Gasteiger partial charge < -0.3 is 11.1 Å². The Kier molecular flexibility index (Phi) is 4.55. The topological polar surface area (TPSA) is 78.9 Å². The van der Waals surface area contributed by atoms with E-state index >= 15 is 0 Å². The van der Waals surface area contributed by atoms with Gasteiger partial charge in [0.15, 0.2) is 0 Å². The Morgan fingerprint density at radius 2 is 2.10 bits per heavy atom. The first-order valence-corrected chi connectivity index (χ1v) is 6.82. The van der Waals surface area contributed by atoms with Crippen molar-refractivity contribution in [1.82, 2.24) is 0 Å². The largest absolute Gasteiger partial charge is 0.380 e. The number of hydrogen-bond donors (Lipinski definition) is 2. The number of nitriles is 1.